The van der Waals surface area contributed by atoms with Crippen LogP contribution in [-0.4, -0.2) is 82.1 Å². The van der Waals surface area contributed by atoms with Crippen molar-refractivity contribution < 1.29 is 34.2 Å². The summed E-state index contributed by atoms with van der Waals surface area (Å²) in [5, 5.41) is 26.0. The monoisotopic (exact) mass is 463 g/mol. The summed E-state index contributed by atoms with van der Waals surface area (Å²) in [6.07, 6.45) is -0.0578. The van der Waals surface area contributed by atoms with E-state index in [1.54, 1.807) is 20.1 Å². The highest BCUT2D eigenvalue weighted by Gasteiger charge is 2.33. The number of aliphatic carboxylic acids is 1. The van der Waals surface area contributed by atoms with Gasteiger partial charge in [0.1, 0.15) is 18.1 Å². The molecule has 0 aromatic rings. The molecule has 0 rings (SSSR count). The molecule has 9 N–H and O–H groups in total. The maximum Gasteiger partial charge on any atom is 0.326 e. The van der Waals surface area contributed by atoms with Gasteiger partial charge in [-0.2, -0.15) is 11.8 Å². The average molecular weight is 464 g/mol. The summed E-state index contributed by atoms with van der Waals surface area (Å²) in [6.45, 7) is 4.60. The number of carboxylic acids is 1. The zero-order chi connectivity index (χ0) is 24.3. The molecule has 178 valence electrons. The molecule has 5 unspecified atom stereocenters. The van der Waals surface area contributed by atoms with Crippen molar-refractivity contribution in [3.63, 3.8) is 0 Å². The van der Waals surface area contributed by atoms with E-state index in [2.05, 4.69) is 16.0 Å². The van der Waals surface area contributed by atoms with E-state index in [0.717, 1.165) is 0 Å². The molecule has 13 heteroatoms. The minimum absolute atomic E-state index is 0.135. The minimum atomic E-state index is -1.53. The van der Waals surface area contributed by atoms with Crippen LogP contribution in [-0.2, 0) is 24.0 Å². The molecule has 0 aliphatic carbocycles. The zero-order valence-electron chi connectivity index (χ0n) is 18.1. The normalized spacial score (nSPS) is 15.8. The first-order valence-corrected chi connectivity index (χ1v) is 11.1. The summed E-state index contributed by atoms with van der Waals surface area (Å²) in [4.78, 5) is 60.0. The van der Waals surface area contributed by atoms with Gasteiger partial charge in [-0.15, -0.1) is 0 Å². The summed E-state index contributed by atoms with van der Waals surface area (Å²) in [6, 6.07) is -5.14. The lowest BCUT2D eigenvalue weighted by atomic mass is 10.0. The standard InChI is InChI=1S/C18H33N5O7S/c1-8(2)13(20)16(27)22-11(7-12(19)25)15(26)23-14(9(3)24)17(28)21-10(18(29)30)5-6-31-4/h8-11,13-14,24H,5-7,20H2,1-4H3,(H2,19,25)(H,21,28)(H,22,27)(H,23,26)(H,29,30). The highest BCUT2D eigenvalue weighted by Crippen LogP contribution is 2.05. The highest BCUT2D eigenvalue weighted by atomic mass is 32.2. The summed E-state index contributed by atoms with van der Waals surface area (Å²) in [7, 11) is 0. The molecular weight excluding hydrogens is 430 g/mol. The maximum atomic E-state index is 12.6. The zero-order valence-corrected chi connectivity index (χ0v) is 18.9. The molecule has 0 aliphatic heterocycles. The van der Waals surface area contributed by atoms with Crippen molar-refractivity contribution in [1.82, 2.24) is 16.0 Å². The van der Waals surface area contributed by atoms with Crippen molar-refractivity contribution in [3.8, 4) is 0 Å². The van der Waals surface area contributed by atoms with Gasteiger partial charge in [-0.1, -0.05) is 13.8 Å². The number of hydrogen-bond donors (Lipinski definition) is 7. The van der Waals surface area contributed by atoms with Crippen molar-refractivity contribution in [1.29, 1.82) is 0 Å². The Morgan fingerprint density at radius 2 is 1.48 bits per heavy atom. The first-order chi connectivity index (χ1) is 14.3. The topological polar surface area (TPSA) is 214 Å². The fourth-order valence-corrected chi connectivity index (χ4v) is 2.87. The maximum absolute atomic E-state index is 12.6. The Kier molecular flexibility index (Phi) is 12.8. The molecule has 0 aliphatic rings. The molecule has 31 heavy (non-hydrogen) atoms. The third-order valence-corrected chi connectivity index (χ3v) is 4.99. The first-order valence-electron chi connectivity index (χ1n) is 9.66. The number of amides is 4. The lowest BCUT2D eigenvalue weighted by Gasteiger charge is -2.26. The molecule has 0 bridgehead atoms. The Morgan fingerprint density at radius 3 is 1.90 bits per heavy atom. The van der Waals surface area contributed by atoms with E-state index in [1.165, 1.54) is 18.7 Å². The summed E-state index contributed by atoms with van der Waals surface area (Å²) in [5.74, 6) is -4.52. The SMILES string of the molecule is CSCCC(NC(=O)C(NC(=O)C(CC(N)=O)NC(=O)C(N)C(C)C)C(C)O)C(=O)O. The van der Waals surface area contributed by atoms with Crippen LogP contribution in [0.3, 0.4) is 0 Å². The van der Waals surface area contributed by atoms with Crippen LogP contribution < -0.4 is 27.4 Å². The van der Waals surface area contributed by atoms with E-state index in [4.69, 9.17) is 11.5 Å². The molecule has 4 amide bonds. The lowest BCUT2D eigenvalue weighted by Crippen LogP contribution is -2.60. The molecule has 0 fully saturated rings. The Balaban J connectivity index is 5.41. The van der Waals surface area contributed by atoms with E-state index in [9.17, 15) is 34.2 Å². The van der Waals surface area contributed by atoms with Crippen LogP contribution >= 0.6 is 11.8 Å². The van der Waals surface area contributed by atoms with Crippen molar-refractivity contribution in [2.75, 3.05) is 12.0 Å². The smallest absolute Gasteiger partial charge is 0.326 e. The number of aliphatic hydroxyl groups is 1. The number of carbonyl (C=O) groups is 5. The molecule has 12 nitrogen and oxygen atoms in total. The van der Waals surface area contributed by atoms with Crippen molar-refractivity contribution in [2.24, 2.45) is 17.4 Å². The number of carbonyl (C=O) groups excluding carboxylic acids is 4. The van der Waals surface area contributed by atoms with Crippen LogP contribution in [0.5, 0.6) is 0 Å². The number of rotatable bonds is 14. The van der Waals surface area contributed by atoms with Crippen molar-refractivity contribution >= 4 is 41.4 Å². The number of nitrogens with one attached hydrogen (secondary N) is 3. The second-order valence-corrected chi connectivity index (χ2v) is 8.39. The number of nitrogens with two attached hydrogens (primary N) is 2. The predicted molar refractivity (Wildman–Crippen MR) is 115 cm³/mol. The Bertz CT molecular complexity index is 659. The first kappa shape index (κ1) is 28.6. The van der Waals surface area contributed by atoms with Crippen molar-refractivity contribution in [2.45, 2.75) is 63.9 Å². The van der Waals surface area contributed by atoms with Crippen LogP contribution in [0, 0.1) is 5.92 Å². The summed E-state index contributed by atoms with van der Waals surface area (Å²) in [5.41, 5.74) is 10.9. The number of primary amides is 1. The molecule has 5 atom stereocenters. The number of aliphatic hydroxyl groups excluding tert-OH is 1. The van der Waals surface area contributed by atoms with Gasteiger partial charge in [-0.25, -0.2) is 4.79 Å². The quantitative estimate of drug-likeness (QED) is 0.145. The van der Waals surface area contributed by atoms with Crippen LogP contribution in [0.2, 0.25) is 0 Å². The van der Waals surface area contributed by atoms with Gasteiger partial charge in [0.05, 0.1) is 18.6 Å². The van der Waals surface area contributed by atoms with Gasteiger partial charge in [-0.05, 0) is 31.3 Å². The van der Waals surface area contributed by atoms with Gasteiger partial charge in [0.25, 0.3) is 0 Å². The second-order valence-electron chi connectivity index (χ2n) is 7.41. The molecule has 0 radical (unpaired) electrons. The van der Waals surface area contributed by atoms with Crippen LogP contribution in [0.25, 0.3) is 0 Å². The van der Waals surface area contributed by atoms with E-state index in [0.29, 0.717) is 5.75 Å². The van der Waals surface area contributed by atoms with E-state index < -0.39 is 66.3 Å². The molecule has 0 aromatic carbocycles. The minimum Gasteiger partial charge on any atom is -0.480 e. The number of thioether (sulfide) groups is 1. The molecule has 0 spiro atoms. The number of carboxylic acid groups (broad SMARTS) is 1. The third-order valence-electron chi connectivity index (χ3n) is 4.35. The Morgan fingerprint density at radius 1 is 0.935 bits per heavy atom. The second kappa shape index (κ2) is 13.8. The van der Waals surface area contributed by atoms with Gasteiger partial charge in [0.2, 0.25) is 23.6 Å². The Hall–Kier alpha value is -2.38. The molecule has 0 heterocycles. The fraction of sp³-hybridized carbons (Fsp3) is 0.722. The van der Waals surface area contributed by atoms with Gasteiger partial charge in [0.15, 0.2) is 0 Å². The van der Waals surface area contributed by atoms with Crippen LogP contribution in [0.15, 0.2) is 0 Å². The fourth-order valence-electron chi connectivity index (χ4n) is 2.39. The average Bonchev–Trinajstić information content (AvgIpc) is 2.66. The van der Waals surface area contributed by atoms with Crippen LogP contribution in [0.1, 0.15) is 33.6 Å². The summed E-state index contributed by atoms with van der Waals surface area (Å²) < 4.78 is 0. The van der Waals surface area contributed by atoms with Crippen molar-refractivity contribution in [3.05, 3.63) is 0 Å². The third kappa shape index (κ3) is 10.5. The largest absolute Gasteiger partial charge is 0.480 e. The summed E-state index contributed by atoms with van der Waals surface area (Å²) >= 11 is 1.39. The lowest BCUT2D eigenvalue weighted by molar-refractivity contribution is -0.143. The van der Waals surface area contributed by atoms with Gasteiger partial charge in [-0.3, -0.25) is 19.2 Å². The van der Waals surface area contributed by atoms with Crippen LogP contribution in [0.4, 0.5) is 0 Å². The molecule has 0 saturated carbocycles. The van der Waals surface area contributed by atoms with Gasteiger partial charge < -0.3 is 37.6 Å². The molecule has 0 saturated heterocycles. The molecule has 0 aromatic heterocycles. The van der Waals surface area contributed by atoms with E-state index in [-0.39, 0.29) is 12.3 Å². The van der Waals surface area contributed by atoms with Gasteiger partial charge in [0, 0.05) is 0 Å². The van der Waals surface area contributed by atoms with E-state index in [1.807, 2.05) is 0 Å². The van der Waals surface area contributed by atoms with Gasteiger partial charge >= 0.3 is 5.97 Å². The molecular formula is C18H33N5O7S. The predicted octanol–water partition coefficient (Wildman–Crippen LogP) is -2.48. The number of hydrogen-bond acceptors (Lipinski definition) is 8. The Labute approximate surface area is 185 Å². The highest BCUT2D eigenvalue weighted by molar-refractivity contribution is 7.98. The van der Waals surface area contributed by atoms with E-state index >= 15 is 0 Å².